The molecular formula is C7H14O. The van der Waals surface area contributed by atoms with Crippen molar-refractivity contribution in [1.29, 1.82) is 0 Å². The number of aliphatic hydroxyl groups is 1. The molecule has 0 aromatic rings. The van der Waals surface area contributed by atoms with Gasteiger partial charge in [-0.25, -0.2) is 0 Å². The first-order chi connectivity index (χ1) is 3.54. The number of hydrogen-bond acceptors (Lipinski definition) is 1. The lowest BCUT2D eigenvalue weighted by atomic mass is 9.63. The molecule has 2 unspecified atom stereocenters. The zero-order valence-corrected chi connectivity index (χ0v) is 5.81. The topological polar surface area (TPSA) is 20.2 Å². The summed E-state index contributed by atoms with van der Waals surface area (Å²) in [5.74, 6) is 0.532. The average Bonchev–Trinajstić information content (AvgIpc) is 1.65. The van der Waals surface area contributed by atoms with Gasteiger partial charge in [-0.2, -0.15) is 0 Å². The summed E-state index contributed by atoms with van der Waals surface area (Å²) < 4.78 is 0. The van der Waals surface area contributed by atoms with Crippen LogP contribution in [0.15, 0.2) is 0 Å². The van der Waals surface area contributed by atoms with E-state index in [4.69, 9.17) is 0 Å². The number of aliphatic hydroxyl groups excluding tert-OH is 1. The summed E-state index contributed by atoms with van der Waals surface area (Å²) in [5.41, 5.74) is 0.208. The third-order valence-electron chi connectivity index (χ3n) is 2.19. The molecule has 0 heterocycles. The SMILES string of the molecule is CC1CC(C)(C)C1O. The Labute approximate surface area is 50.7 Å². The molecule has 1 fully saturated rings. The van der Waals surface area contributed by atoms with Gasteiger partial charge in [0.15, 0.2) is 0 Å². The highest BCUT2D eigenvalue weighted by molar-refractivity contribution is 4.93. The second kappa shape index (κ2) is 1.47. The maximum absolute atomic E-state index is 9.24. The lowest BCUT2D eigenvalue weighted by Crippen LogP contribution is -2.47. The van der Waals surface area contributed by atoms with E-state index < -0.39 is 0 Å². The Bertz CT molecular complexity index is 96.6. The fourth-order valence-corrected chi connectivity index (χ4v) is 1.67. The van der Waals surface area contributed by atoms with Crippen molar-refractivity contribution in [2.75, 3.05) is 0 Å². The summed E-state index contributed by atoms with van der Waals surface area (Å²) in [6.45, 7) is 6.31. The monoisotopic (exact) mass is 114 g/mol. The zero-order valence-electron chi connectivity index (χ0n) is 5.81. The van der Waals surface area contributed by atoms with E-state index in [0.717, 1.165) is 0 Å². The van der Waals surface area contributed by atoms with Gasteiger partial charge in [-0.05, 0) is 17.8 Å². The highest BCUT2D eigenvalue weighted by Gasteiger charge is 2.43. The van der Waals surface area contributed by atoms with Crippen LogP contribution in [0.5, 0.6) is 0 Å². The lowest BCUT2D eigenvalue weighted by molar-refractivity contribution is -0.0902. The molecule has 8 heavy (non-hydrogen) atoms. The summed E-state index contributed by atoms with van der Waals surface area (Å²) in [4.78, 5) is 0. The Balaban J connectivity index is 2.47. The molecule has 0 spiro atoms. The summed E-state index contributed by atoms with van der Waals surface area (Å²) in [6, 6.07) is 0. The highest BCUT2D eigenvalue weighted by Crippen LogP contribution is 2.44. The lowest BCUT2D eigenvalue weighted by Gasteiger charge is -2.46. The van der Waals surface area contributed by atoms with E-state index in [0.29, 0.717) is 5.92 Å². The van der Waals surface area contributed by atoms with E-state index in [1.165, 1.54) is 6.42 Å². The van der Waals surface area contributed by atoms with E-state index in [2.05, 4.69) is 20.8 Å². The van der Waals surface area contributed by atoms with Crippen LogP contribution < -0.4 is 0 Å². The molecule has 0 aromatic heterocycles. The van der Waals surface area contributed by atoms with Crippen molar-refractivity contribution in [3.8, 4) is 0 Å². The second-order valence-corrected chi connectivity index (χ2v) is 3.61. The second-order valence-electron chi connectivity index (χ2n) is 3.61. The van der Waals surface area contributed by atoms with E-state index in [-0.39, 0.29) is 11.5 Å². The number of hydrogen-bond donors (Lipinski definition) is 1. The van der Waals surface area contributed by atoms with Gasteiger partial charge in [-0.1, -0.05) is 20.8 Å². The standard InChI is InChI=1S/C7H14O/c1-5-4-7(2,3)6(5)8/h5-6,8H,4H2,1-3H3. The van der Waals surface area contributed by atoms with Crippen LogP contribution in [0.3, 0.4) is 0 Å². The van der Waals surface area contributed by atoms with Gasteiger partial charge in [0.2, 0.25) is 0 Å². The highest BCUT2D eigenvalue weighted by atomic mass is 16.3. The van der Waals surface area contributed by atoms with Crippen LogP contribution >= 0.6 is 0 Å². The van der Waals surface area contributed by atoms with Crippen molar-refractivity contribution in [1.82, 2.24) is 0 Å². The number of rotatable bonds is 0. The summed E-state index contributed by atoms with van der Waals surface area (Å²) in [6.07, 6.45) is 1.12. The van der Waals surface area contributed by atoms with Gasteiger partial charge < -0.3 is 5.11 Å². The first-order valence-corrected chi connectivity index (χ1v) is 3.22. The van der Waals surface area contributed by atoms with Crippen molar-refractivity contribution in [2.45, 2.75) is 33.3 Å². The van der Waals surface area contributed by atoms with Crippen molar-refractivity contribution in [3.05, 3.63) is 0 Å². The van der Waals surface area contributed by atoms with Crippen LogP contribution in [0.25, 0.3) is 0 Å². The van der Waals surface area contributed by atoms with Gasteiger partial charge in [0, 0.05) is 0 Å². The molecule has 1 N–H and O–H groups in total. The van der Waals surface area contributed by atoms with Crippen LogP contribution in [0.2, 0.25) is 0 Å². The summed E-state index contributed by atoms with van der Waals surface area (Å²) in [7, 11) is 0. The van der Waals surface area contributed by atoms with Crippen molar-refractivity contribution < 1.29 is 5.11 Å². The van der Waals surface area contributed by atoms with E-state index in [9.17, 15) is 5.11 Å². The average molecular weight is 114 g/mol. The molecule has 0 bridgehead atoms. The van der Waals surface area contributed by atoms with Crippen LogP contribution in [0, 0.1) is 11.3 Å². The van der Waals surface area contributed by atoms with Gasteiger partial charge in [0.25, 0.3) is 0 Å². The predicted octanol–water partition coefficient (Wildman–Crippen LogP) is 1.41. The summed E-state index contributed by atoms with van der Waals surface area (Å²) in [5, 5.41) is 9.24. The maximum Gasteiger partial charge on any atom is 0.0616 e. The Morgan fingerprint density at radius 2 is 2.00 bits per heavy atom. The molecular weight excluding hydrogens is 100 g/mol. The van der Waals surface area contributed by atoms with Crippen LogP contribution in [-0.2, 0) is 0 Å². The van der Waals surface area contributed by atoms with Gasteiger partial charge in [-0.3, -0.25) is 0 Å². The van der Waals surface area contributed by atoms with Crippen LogP contribution in [-0.4, -0.2) is 11.2 Å². The third kappa shape index (κ3) is 0.655. The molecule has 1 saturated carbocycles. The molecule has 0 radical (unpaired) electrons. The Kier molecular flexibility index (Phi) is 1.12. The van der Waals surface area contributed by atoms with Crippen molar-refractivity contribution in [2.24, 2.45) is 11.3 Å². The fraction of sp³-hybridized carbons (Fsp3) is 1.00. The van der Waals surface area contributed by atoms with Gasteiger partial charge in [0.1, 0.15) is 0 Å². The van der Waals surface area contributed by atoms with E-state index in [1.54, 1.807) is 0 Å². The quantitative estimate of drug-likeness (QED) is 0.505. The van der Waals surface area contributed by atoms with Gasteiger partial charge in [-0.15, -0.1) is 0 Å². The largest absolute Gasteiger partial charge is 0.392 e. The molecule has 0 amide bonds. The molecule has 1 aliphatic rings. The Morgan fingerprint density at radius 1 is 1.50 bits per heavy atom. The molecule has 48 valence electrons. The minimum atomic E-state index is -0.0532. The van der Waals surface area contributed by atoms with Gasteiger partial charge >= 0.3 is 0 Å². The smallest absolute Gasteiger partial charge is 0.0616 e. The first-order valence-electron chi connectivity index (χ1n) is 3.22. The van der Waals surface area contributed by atoms with Crippen LogP contribution in [0.1, 0.15) is 27.2 Å². The fourth-order valence-electron chi connectivity index (χ4n) is 1.67. The minimum Gasteiger partial charge on any atom is -0.392 e. The molecule has 0 aromatic carbocycles. The zero-order chi connectivity index (χ0) is 6.36. The maximum atomic E-state index is 9.24. The molecule has 1 heteroatoms. The predicted molar refractivity (Wildman–Crippen MR) is 33.6 cm³/mol. The molecule has 2 atom stereocenters. The van der Waals surface area contributed by atoms with Crippen molar-refractivity contribution >= 4 is 0 Å². The third-order valence-corrected chi connectivity index (χ3v) is 2.19. The van der Waals surface area contributed by atoms with Gasteiger partial charge in [0.05, 0.1) is 6.10 Å². The Morgan fingerprint density at radius 3 is 2.00 bits per heavy atom. The Hall–Kier alpha value is -0.0400. The van der Waals surface area contributed by atoms with E-state index >= 15 is 0 Å². The molecule has 0 aliphatic heterocycles. The van der Waals surface area contributed by atoms with E-state index in [1.807, 2.05) is 0 Å². The minimum absolute atomic E-state index is 0.0532. The van der Waals surface area contributed by atoms with Crippen molar-refractivity contribution in [3.63, 3.8) is 0 Å². The molecule has 0 saturated heterocycles. The first kappa shape index (κ1) is 6.09. The summed E-state index contributed by atoms with van der Waals surface area (Å²) >= 11 is 0. The van der Waals surface area contributed by atoms with Crippen LogP contribution in [0.4, 0.5) is 0 Å². The molecule has 1 aliphatic carbocycles. The normalized spacial score (nSPS) is 43.5. The molecule has 1 nitrogen and oxygen atoms in total. The molecule has 1 rings (SSSR count).